The van der Waals surface area contributed by atoms with Gasteiger partial charge in [0.1, 0.15) is 0 Å². The molecule has 2 heterocycles. The van der Waals surface area contributed by atoms with E-state index in [0.717, 1.165) is 19.6 Å². The number of carbonyl (C=O) groups is 1. The summed E-state index contributed by atoms with van der Waals surface area (Å²) in [5.41, 5.74) is 0.638. The van der Waals surface area contributed by atoms with Crippen molar-refractivity contribution in [3.8, 4) is 0 Å². The van der Waals surface area contributed by atoms with Gasteiger partial charge >= 0.3 is 0 Å². The molecule has 5 heteroatoms. The van der Waals surface area contributed by atoms with Crippen LogP contribution in [0.4, 0.5) is 0 Å². The largest absolute Gasteiger partial charge is 0.347 e. The second kappa shape index (κ2) is 3.79. The van der Waals surface area contributed by atoms with Gasteiger partial charge in [-0.1, -0.05) is 0 Å². The van der Waals surface area contributed by atoms with E-state index in [-0.39, 0.29) is 11.9 Å². The quantitative estimate of drug-likeness (QED) is 0.688. The molecular weight excluding hydrogens is 180 g/mol. The smallest absolute Gasteiger partial charge is 0.254 e. The normalized spacial score (nSPS) is 16.4. The first-order chi connectivity index (χ1) is 6.79. The monoisotopic (exact) mass is 194 g/mol. The Labute approximate surface area is 82.5 Å². The van der Waals surface area contributed by atoms with Crippen LogP contribution in [0.5, 0.6) is 0 Å². The van der Waals surface area contributed by atoms with Crippen molar-refractivity contribution in [1.29, 1.82) is 0 Å². The lowest BCUT2D eigenvalue weighted by molar-refractivity contribution is 0.0924. The Bertz CT molecular complexity index is 329. The van der Waals surface area contributed by atoms with Gasteiger partial charge in [-0.05, 0) is 6.92 Å². The van der Waals surface area contributed by atoms with Crippen molar-refractivity contribution in [2.75, 3.05) is 13.1 Å². The molecule has 0 unspecified atom stereocenters. The third kappa shape index (κ3) is 1.77. The van der Waals surface area contributed by atoms with Gasteiger partial charge in [0.2, 0.25) is 0 Å². The third-order valence-corrected chi connectivity index (χ3v) is 2.34. The van der Waals surface area contributed by atoms with Gasteiger partial charge in [-0.2, -0.15) is 5.10 Å². The van der Waals surface area contributed by atoms with Crippen LogP contribution >= 0.6 is 0 Å². The van der Waals surface area contributed by atoms with E-state index in [1.54, 1.807) is 17.1 Å². The van der Waals surface area contributed by atoms with Crippen molar-refractivity contribution in [3.63, 3.8) is 0 Å². The molecule has 0 aromatic carbocycles. The van der Waals surface area contributed by atoms with Gasteiger partial charge in [0, 0.05) is 25.8 Å². The van der Waals surface area contributed by atoms with Crippen LogP contribution in [0.2, 0.25) is 0 Å². The molecule has 0 saturated carbocycles. The lowest BCUT2D eigenvalue weighted by Crippen LogP contribution is -2.56. The Morgan fingerprint density at radius 3 is 3.07 bits per heavy atom. The molecule has 1 saturated heterocycles. The SMILES string of the molecule is CCn1cc(C(=O)NC2CNC2)cn1. The van der Waals surface area contributed by atoms with E-state index in [1.165, 1.54) is 0 Å². The summed E-state index contributed by atoms with van der Waals surface area (Å²) in [7, 11) is 0. The molecule has 76 valence electrons. The van der Waals surface area contributed by atoms with Gasteiger partial charge in [-0.3, -0.25) is 9.48 Å². The van der Waals surface area contributed by atoms with Crippen LogP contribution in [0.25, 0.3) is 0 Å². The van der Waals surface area contributed by atoms with Crippen molar-refractivity contribution < 1.29 is 4.79 Å². The number of nitrogens with zero attached hydrogens (tertiary/aromatic N) is 2. The molecule has 14 heavy (non-hydrogen) atoms. The van der Waals surface area contributed by atoms with E-state index in [1.807, 2.05) is 6.92 Å². The number of rotatable bonds is 3. The van der Waals surface area contributed by atoms with Crippen molar-refractivity contribution in [3.05, 3.63) is 18.0 Å². The first-order valence-electron chi connectivity index (χ1n) is 4.83. The molecule has 5 nitrogen and oxygen atoms in total. The summed E-state index contributed by atoms with van der Waals surface area (Å²) in [6.45, 7) is 4.52. The van der Waals surface area contributed by atoms with Crippen molar-refractivity contribution in [2.24, 2.45) is 0 Å². The summed E-state index contributed by atoms with van der Waals surface area (Å²) in [5.74, 6) is -0.0313. The highest BCUT2D eigenvalue weighted by Crippen LogP contribution is 1.99. The molecule has 0 radical (unpaired) electrons. The lowest BCUT2D eigenvalue weighted by atomic mass is 10.2. The first-order valence-corrected chi connectivity index (χ1v) is 4.83. The highest BCUT2D eigenvalue weighted by Gasteiger charge is 2.19. The molecule has 0 spiro atoms. The number of hydrogen-bond acceptors (Lipinski definition) is 3. The summed E-state index contributed by atoms with van der Waals surface area (Å²) in [4.78, 5) is 11.6. The van der Waals surface area contributed by atoms with Crippen molar-refractivity contribution in [1.82, 2.24) is 20.4 Å². The molecule has 2 rings (SSSR count). The van der Waals surface area contributed by atoms with Crippen LogP contribution in [0.1, 0.15) is 17.3 Å². The van der Waals surface area contributed by atoms with E-state index < -0.39 is 0 Å². The Balaban J connectivity index is 1.95. The molecule has 1 fully saturated rings. The summed E-state index contributed by atoms with van der Waals surface area (Å²) in [6, 6.07) is 0.285. The maximum absolute atomic E-state index is 11.6. The van der Waals surface area contributed by atoms with Gasteiger partial charge in [-0.25, -0.2) is 0 Å². The number of carbonyl (C=O) groups excluding carboxylic acids is 1. The highest BCUT2D eigenvalue weighted by atomic mass is 16.1. The molecule has 0 atom stereocenters. The second-order valence-electron chi connectivity index (χ2n) is 3.41. The number of amides is 1. The average molecular weight is 194 g/mol. The van der Waals surface area contributed by atoms with Gasteiger partial charge in [-0.15, -0.1) is 0 Å². The predicted molar refractivity (Wildman–Crippen MR) is 52.0 cm³/mol. The van der Waals surface area contributed by atoms with Crippen molar-refractivity contribution in [2.45, 2.75) is 19.5 Å². The minimum absolute atomic E-state index is 0.0313. The summed E-state index contributed by atoms with van der Waals surface area (Å²) < 4.78 is 1.74. The van der Waals surface area contributed by atoms with Crippen LogP contribution in [0.3, 0.4) is 0 Å². The molecule has 0 aliphatic carbocycles. The Morgan fingerprint density at radius 1 is 1.79 bits per heavy atom. The fraction of sp³-hybridized carbons (Fsp3) is 0.556. The Morgan fingerprint density at radius 2 is 2.57 bits per heavy atom. The molecule has 1 aliphatic heterocycles. The predicted octanol–water partition coefficient (Wildman–Crippen LogP) is -0.395. The zero-order valence-electron chi connectivity index (χ0n) is 8.16. The molecule has 1 aromatic heterocycles. The van der Waals surface area contributed by atoms with Crippen LogP contribution in [0.15, 0.2) is 12.4 Å². The minimum Gasteiger partial charge on any atom is -0.347 e. The molecule has 2 N–H and O–H groups in total. The number of aromatic nitrogens is 2. The van der Waals surface area contributed by atoms with Crippen LogP contribution < -0.4 is 10.6 Å². The molecular formula is C9H14N4O. The van der Waals surface area contributed by atoms with E-state index in [2.05, 4.69) is 15.7 Å². The minimum atomic E-state index is -0.0313. The van der Waals surface area contributed by atoms with E-state index in [0.29, 0.717) is 5.56 Å². The molecule has 1 aromatic rings. The topological polar surface area (TPSA) is 59.0 Å². The zero-order valence-corrected chi connectivity index (χ0v) is 8.16. The van der Waals surface area contributed by atoms with Gasteiger partial charge in [0.05, 0.1) is 17.8 Å². The van der Waals surface area contributed by atoms with Crippen LogP contribution in [0, 0.1) is 0 Å². The van der Waals surface area contributed by atoms with E-state index in [9.17, 15) is 4.79 Å². The Kier molecular flexibility index (Phi) is 2.49. The molecule has 1 amide bonds. The summed E-state index contributed by atoms with van der Waals surface area (Å²) >= 11 is 0. The number of nitrogens with one attached hydrogen (secondary N) is 2. The maximum Gasteiger partial charge on any atom is 0.254 e. The van der Waals surface area contributed by atoms with Crippen LogP contribution in [-0.4, -0.2) is 34.8 Å². The molecule has 1 aliphatic rings. The lowest BCUT2D eigenvalue weighted by Gasteiger charge is -2.27. The van der Waals surface area contributed by atoms with Crippen molar-refractivity contribution >= 4 is 5.91 Å². The van der Waals surface area contributed by atoms with E-state index in [4.69, 9.17) is 0 Å². The maximum atomic E-state index is 11.6. The summed E-state index contributed by atoms with van der Waals surface area (Å²) in [5, 5.41) is 10.1. The fourth-order valence-electron chi connectivity index (χ4n) is 1.31. The average Bonchev–Trinajstić information content (AvgIpc) is 2.59. The number of hydrogen-bond donors (Lipinski definition) is 2. The van der Waals surface area contributed by atoms with Gasteiger partial charge in [0.25, 0.3) is 5.91 Å². The molecule has 0 bridgehead atoms. The summed E-state index contributed by atoms with van der Waals surface area (Å²) in [6.07, 6.45) is 3.37. The third-order valence-electron chi connectivity index (χ3n) is 2.34. The highest BCUT2D eigenvalue weighted by molar-refractivity contribution is 5.93. The second-order valence-corrected chi connectivity index (χ2v) is 3.41. The number of aryl methyl sites for hydroxylation is 1. The first kappa shape index (κ1) is 9.21. The standard InChI is InChI=1S/C9H14N4O/c1-2-13-6-7(3-11-13)9(14)12-8-4-10-5-8/h3,6,8,10H,2,4-5H2,1H3,(H,12,14). The van der Waals surface area contributed by atoms with Gasteiger partial charge < -0.3 is 10.6 Å². The zero-order chi connectivity index (χ0) is 9.97. The van der Waals surface area contributed by atoms with Crippen LogP contribution in [-0.2, 0) is 6.54 Å². The van der Waals surface area contributed by atoms with E-state index >= 15 is 0 Å². The Hall–Kier alpha value is -1.36. The fourth-order valence-corrected chi connectivity index (χ4v) is 1.31. The van der Waals surface area contributed by atoms with Gasteiger partial charge in [0.15, 0.2) is 0 Å².